The lowest BCUT2D eigenvalue weighted by atomic mass is 9.82. The number of aliphatic hydroxyl groups excluding tert-OH is 9. The molecule has 7 unspecified atom stereocenters. The molecule has 17 atom stereocenters. The van der Waals surface area contributed by atoms with Crippen molar-refractivity contribution in [3.8, 4) is 0 Å². The Morgan fingerprint density at radius 3 is 1.87 bits per heavy atom. The summed E-state index contributed by atoms with van der Waals surface area (Å²) < 4.78 is 22.9. The summed E-state index contributed by atoms with van der Waals surface area (Å²) in [5.41, 5.74) is 11.6. The average molecular weight is 895 g/mol. The van der Waals surface area contributed by atoms with Gasteiger partial charge in [-0.2, -0.15) is 0 Å². The third kappa shape index (κ3) is 19.3. The molecule has 0 aromatic heterocycles. The van der Waals surface area contributed by atoms with E-state index in [1.165, 1.54) is 0 Å². The maximum absolute atomic E-state index is 12.6. The predicted molar refractivity (Wildman–Crippen MR) is 229 cm³/mol. The van der Waals surface area contributed by atoms with E-state index in [2.05, 4.69) is 0 Å². The molecule has 63 heavy (non-hydrogen) atoms. The molecule has 1 amide bonds. The van der Waals surface area contributed by atoms with Gasteiger partial charge >= 0.3 is 5.97 Å². The van der Waals surface area contributed by atoms with Crippen LogP contribution in [0.15, 0.2) is 85.1 Å². The van der Waals surface area contributed by atoms with Gasteiger partial charge in [0.2, 0.25) is 5.91 Å². The Balaban J connectivity index is 1.83. The Kier molecular flexibility index (Phi) is 23.2. The second-order valence-electron chi connectivity index (χ2n) is 16.8. The van der Waals surface area contributed by atoms with Crippen LogP contribution < -0.4 is 11.5 Å². The Hall–Kier alpha value is -3.44. The number of allylic oxidation sites excluding steroid dienone is 12. The number of fused-ring (bicyclic) bond motifs is 2. The average Bonchev–Trinajstić information content (AvgIpc) is 3.18. The highest BCUT2D eigenvalue weighted by Gasteiger charge is 2.50. The van der Waals surface area contributed by atoms with Gasteiger partial charge in [0.05, 0.1) is 86.0 Å². The SMILES string of the molecule is C[C@H]1C[C@H](O)[C@@H](C)/C=C/C=C/C=C/C=C/C=C/C=C/C=C/C(O[C@@H]2OC[C@@H](O)[C@H](N)[C@@H]2O)C[C@@H]2OC(O)(CC(O)CC(O)[C@H](O)CCC(O)CC(O)CC(=O)O1)C[C@H](O)C2C(N)=O. The first-order chi connectivity index (χ1) is 29.8. The largest absolute Gasteiger partial charge is 0.462 e. The van der Waals surface area contributed by atoms with Gasteiger partial charge in [-0.05, 0) is 26.2 Å². The third-order valence-electron chi connectivity index (χ3n) is 11.1. The molecule has 0 saturated carbocycles. The molecule has 3 rings (SSSR count). The van der Waals surface area contributed by atoms with Crippen LogP contribution in [0.25, 0.3) is 0 Å². The summed E-state index contributed by atoms with van der Waals surface area (Å²) in [4.78, 5) is 25.1. The maximum Gasteiger partial charge on any atom is 0.308 e. The van der Waals surface area contributed by atoms with E-state index in [-0.39, 0.29) is 44.6 Å². The monoisotopic (exact) mass is 894 g/mol. The number of amides is 1. The summed E-state index contributed by atoms with van der Waals surface area (Å²) >= 11 is 0. The fourth-order valence-corrected chi connectivity index (χ4v) is 7.54. The highest BCUT2D eigenvalue weighted by Crippen LogP contribution is 2.38. The molecule has 0 radical (unpaired) electrons. The molecule has 2 fully saturated rings. The number of nitrogens with two attached hydrogens (primary N) is 2. The Morgan fingerprint density at radius 2 is 1.27 bits per heavy atom. The number of carbonyl (C=O) groups is 2. The number of ether oxygens (including phenoxy) is 4. The van der Waals surface area contributed by atoms with E-state index in [1.54, 1.807) is 67.7 Å². The van der Waals surface area contributed by atoms with Crippen LogP contribution in [0.4, 0.5) is 0 Å². The second-order valence-corrected chi connectivity index (χ2v) is 16.8. The highest BCUT2D eigenvalue weighted by atomic mass is 16.7. The Bertz CT molecular complexity index is 1600. The maximum atomic E-state index is 12.6. The van der Waals surface area contributed by atoms with Crippen molar-refractivity contribution >= 4 is 11.9 Å². The molecular weight excluding hydrogens is 824 g/mol. The first-order valence-corrected chi connectivity index (χ1v) is 21.5. The molecule has 3 aliphatic heterocycles. The van der Waals surface area contributed by atoms with Crippen LogP contribution in [0.5, 0.6) is 0 Å². The lowest BCUT2D eigenvalue weighted by molar-refractivity contribution is -0.303. The fraction of sp³-hybridized carbons (Fsp3) is 0.644. The molecule has 0 aromatic carbocycles. The standard InChI is InChI=1S/C45H70N2O16/c1-27-15-13-11-9-7-5-3-4-6-8-10-12-14-16-32(62-44-42(57)41(46)37(55)26-60-44)23-38-40(43(47)58)36(54)25-45(59,63-38)24-31(50)21-35(53)33(51)18-17-29(48)20-30(49)22-39(56)61-28(2)19-34(27)52/h3-16,27-38,40-42,44,48-55,57,59H,17-26,46H2,1-2H3,(H2,47,58)/b4-3+,7-5+,8-6+,11-9+,12-10+,15-13+,16-14+/t27-,28-,29?,30?,31?,32?,33+,34-,35?,36-,37+,38-,40?,41-,42-,44-,45?/m0/s1. The van der Waals surface area contributed by atoms with Gasteiger partial charge < -0.3 is 81.5 Å². The second kappa shape index (κ2) is 27.1. The zero-order valence-corrected chi connectivity index (χ0v) is 36.0. The molecule has 356 valence electrons. The third-order valence-corrected chi connectivity index (χ3v) is 11.1. The van der Waals surface area contributed by atoms with E-state index in [1.807, 2.05) is 31.2 Å². The van der Waals surface area contributed by atoms with Crippen LogP contribution in [-0.2, 0) is 28.5 Å². The van der Waals surface area contributed by atoms with Gasteiger partial charge in [-0.25, -0.2) is 0 Å². The number of aliphatic hydroxyl groups is 10. The molecule has 0 spiro atoms. The van der Waals surface area contributed by atoms with Gasteiger partial charge in [0, 0.05) is 38.0 Å². The van der Waals surface area contributed by atoms with E-state index in [0.717, 1.165) is 0 Å². The Morgan fingerprint density at radius 1 is 0.683 bits per heavy atom. The van der Waals surface area contributed by atoms with Crippen LogP contribution in [0, 0.1) is 11.8 Å². The molecule has 2 bridgehead atoms. The summed E-state index contributed by atoms with van der Waals surface area (Å²) in [5, 5.41) is 107. The number of esters is 1. The summed E-state index contributed by atoms with van der Waals surface area (Å²) in [7, 11) is 0. The van der Waals surface area contributed by atoms with Gasteiger partial charge in [0.1, 0.15) is 12.2 Å². The minimum Gasteiger partial charge on any atom is -0.462 e. The van der Waals surface area contributed by atoms with Crippen molar-refractivity contribution in [3.63, 3.8) is 0 Å². The Labute approximate surface area is 368 Å². The molecule has 2 saturated heterocycles. The van der Waals surface area contributed by atoms with Crippen molar-refractivity contribution in [2.45, 2.75) is 163 Å². The predicted octanol–water partition coefficient (Wildman–Crippen LogP) is -0.522. The van der Waals surface area contributed by atoms with E-state index in [0.29, 0.717) is 0 Å². The highest BCUT2D eigenvalue weighted by molar-refractivity contribution is 5.78. The van der Waals surface area contributed by atoms with Crippen molar-refractivity contribution in [2.24, 2.45) is 23.3 Å². The smallest absolute Gasteiger partial charge is 0.308 e. The van der Waals surface area contributed by atoms with Crippen molar-refractivity contribution in [3.05, 3.63) is 85.1 Å². The number of rotatable bonds is 3. The molecular formula is C45H70N2O16. The van der Waals surface area contributed by atoms with Crippen LogP contribution in [0.3, 0.4) is 0 Å². The zero-order chi connectivity index (χ0) is 46.7. The minimum absolute atomic E-state index is 0.0913. The topological polar surface area (TPSA) is 325 Å². The first-order valence-electron chi connectivity index (χ1n) is 21.5. The number of hydrogen-bond donors (Lipinski definition) is 12. The van der Waals surface area contributed by atoms with Crippen molar-refractivity contribution < 1.29 is 79.6 Å². The number of hydrogen-bond acceptors (Lipinski definition) is 17. The van der Waals surface area contributed by atoms with Crippen molar-refractivity contribution in [2.75, 3.05) is 6.61 Å². The number of primary amides is 1. The van der Waals surface area contributed by atoms with E-state index < -0.39 is 135 Å². The van der Waals surface area contributed by atoms with Gasteiger partial charge in [-0.3, -0.25) is 9.59 Å². The first kappa shape index (κ1) is 53.9. The van der Waals surface area contributed by atoms with Gasteiger partial charge in [-0.15, -0.1) is 0 Å². The van der Waals surface area contributed by atoms with Gasteiger partial charge in [-0.1, -0.05) is 92.0 Å². The number of carbonyl (C=O) groups excluding carboxylic acids is 2. The molecule has 18 nitrogen and oxygen atoms in total. The van der Waals surface area contributed by atoms with Crippen LogP contribution in [0.1, 0.15) is 71.6 Å². The molecule has 18 heteroatoms. The zero-order valence-electron chi connectivity index (χ0n) is 36.0. The molecule has 0 aliphatic carbocycles. The van der Waals surface area contributed by atoms with Crippen LogP contribution in [0.2, 0.25) is 0 Å². The summed E-state index contributed by atoms with van der Waals surface area (Å²) in [5.74, 6) is -5.54. The van der Waals surface area contributed by atoms with Crippen LogP contribution >= 0.6 is 0 Å². The number of cyclic esters (lactones) is 1. The summed E-state index contributed by atoms with van der Waals surface area (Å²) in [6.45, 7) is 3.20. The van der Waals surface area contributed by atoms with Crippen molar-refractivity contribution in [1.29, 1.82) is 0 Å². The van der Waals surface area contributed by atoms with E-state index in [9.17, 15) is 60.7 Å². The molecule has 14 N–H and O–H groups in total. The fourth-order valence-electron chi connectivity index (χ4n) is 7.54. The van der Waals surface area contributed by atoms with Crippen LogP contribution in [-0.4, -0.2) is 161 Å². The van der Waals surface area contributed by atoms with Gasteiger partial charge in [0.25, 0.3) is 0 Å². The van der Waals surface area contributed by atoms with Crippen molar-refractivity contribution in [1.82, 2.24) is 0 Å². The molecule has 3 aliphatic rings. The van der Waals surface area contributed by atoms with E-state index in [4.69, 9.17) is 30.4 Å². The summed E-state index contributed by atoms with van der Waals surface area (Å²) in [6, 6.07) is -1.10. The van der Waals surface area contributed by atoms with Gasteiger partial charge in [0.15, 0.2) is 12.1 Å². The normalized spacial score (nSPS) is 44.2. The molecule has 3 heterocycles. The lowest BCUT2D eigenvalue weighted by Gasteiger charge is -2.45. The minimum atomic E-state index is -2.26. The quantitative estimate of drug-likeness (QED) is 0.159. The van der Waals surface area contributed by atoms with E-state index >= 15 is 0 Å². The summed E-state index contributed by atoms with van der Waals surface area (Å²) in [6.07, 6.45) is 5.59. The molecule has 0 aromatic rings. The lowest BCUT2D eigenvalue weighted by Crippen LogP contribution is -2.59.